The van der Waals surface area contributed by atoms with Crippen LogP contribution in [0.25, 0.3) is 0 Å². The molecule has 2 fully saturated rings. The molecule has 2 aliphatic rings. The fraction of sp³-hybridized carbons (Fsp3) is 0.923. The molecule has 5 heteroatoms. The molecule has 2 aliphatic heterocycles. The molecule has 0 spiro atoms. The molecule has 0 aromatic heterocycles. The number of carbonyl (C=O) groups is 1. The molecule has 0 N–H and O–H groups in total. The van der Waals surface area contributed by atoms with E-state index in [0.29, 0.717) is 27.8 Å². The Morgan fingerprint density at radius 3 is 2.44 bits per heavy atom. The number of amides is 1. The number of alkyl halides is 2. The molecule has 0 saturated carbocycles. The summed E-state index contributed by atoms with van der Waals surface area (Å²) in [6, 6.07) is 0.386. The van der Waals surface area contributed by atoms with Crippen LogP contribution in [0.3, 0.4) is 0 Å². The first-order valence-electron chi connectivity index (χ1n) is 6.70. The highest BCUT2D eigenvalue weighted by molar-refractivity contribution is 14.1. The second kappa shape index (κ2) is 6.56. The number of hydrogen-bond acceptors (Lipinski definition) is 2. The number of ether oxygens (including phenoxy) is 1. The van der Waals surface area contributed by atoms with Crippen molar-refractivity contribution in [3.63, 3.8) is 0 Å². The Morgan fingerprint density at radius 2 is 1.94 bits per heavy atom. The van der Waals surface area contributed by atoms with Crippen molar-refractivity contribution in [2.24, 2.45) is 11.8 Å². The van der Waals surface area contributed by atoms with Crippen molar-refractivity contribution in [3.8, 4) is 0 Å². The Hall–Kier alpha value is 0.890. The van der Waals surface area contributed by atoms with Gasteiger partial charge in [-0.15, -0.1) is 0 Å². The second-order valence-corrected chi connectivity index (χ2v) is 8.26. The molecule has 0 aliphatic carbocycles. The molecule has 2 heterocycles. The van der Waals surface area contributed by atoms with Gasteiger partial charge in [0.15, 0.2) is 0 Å². The van der Waals surface area contributed by atoms with Gasteiger partial charge in [0, 0.05) is 19.3 Å². The molecular weight excluding hydrogens is 456 g/mol. The van der Waals surface area contributed by atoms with E-state index in [1.807, 2.05) is 0 Å². The lowest BCUT2D eigenvalue weighted by molar-refractivity contribution is -0.132. The van der Waals surface area contributed by atoms with Crippen LogP contribution >= 0.6 is 45.2 Å². The van der Waals surface area contributed by atoms with Crippen LogP contribution in [0.5, 0.6) is 0 Å². The third kappa shape index (κ3) is 3.13. The standard InChI is InChI=1S/C13H21I2NO2/c1-8-7-11(14)16(9(8)2)13(17)12(15)10-3-5-18-6-4-10/h8-12H,3-7H2,1-2H3/t8?,9?,11-,12?/m0/s1. The summed E-state index contributed by atoms with van der Waals surface area (Å²) in [7, 11) is 0. The van der Waals surface area contributed by atoms with Crippen molar-refractivity contribution in [2.45, 2.75) is 47.1 Å². The van der Waals surface area contributed by atoms with Crippen LogP contribution < -0.4 is 0 Å². The summed E-state index contributed by atoms with van der Waals surface area (Å²) in [6.45, 7) is 6.07. The van der Waals surface area contributed by atoms with E-state index >= 15 is 0 Å². The van der Waals surface area contributed by atoms with E-state index in [4.69, 9.17) is 4.74 Å². The summed E-state index contributed by atoms with van der Waals surface area (Å²) in [6.07, 6.45) is 3.19. The van der Waals surface area contributed by atoms with Gasteiger partial charge in [-0.3, -0.25) is 4.79 Å². The molecule has 2 saturated heterocycles. The Bertz CT molecular complexity index is 307. The number of hydrogen-bond donors (Lipinski definition) is 0. The van der Waals surface area contributed by atoms with Crippen LogP contribution in [0.2, 0.25) is 0 Å². The first-order chi connectivity index (χ1) is 8.52. The minimum absolute atomic E-state index is 0.122. The molecule has 104 valence electrons. The van der Waals surface area contributed by atoms with Gasteiger partial charge in [0.05, 0.1) is 7.97 Å². The second-order valence-electron chi connectivity index (χ2n) is 5.49. The van der Waals surface area contributed by atoms with Crippen molar-refractivity contribution in [1.82, 2.24) is 4.90 Å². The van der Waals surface area contributed by atoms with Gasteiger partial charge in [0.2, 0.25) is 5.91 Å². The summed E-state index contributed by atoms with van der Waals surface area (Å²) in [5.41, 5.74) is 0. The van der Waals surface area contributed by atoms with Crippen LogP contribution in [-0.2, 0) is 9.53 Å². The lowest BCUT2D eigenvalue weighted by atomic mass is 9.95. The van der Waals surface area contributed by atoms with E-state index in [9.17, 15) is 4.79 Å². The largest absolute Gasteiger partial charge is 0.381 e. The fourth-order valence-electron chi connectivity index (χ4n) is 2.84. The van der Waals surface area contributed by atoms with E-state index in [2.05, 4.69) is 63.9 Å². The molecule has 1 amide bonds. The van der Waals surface area contributed by atoms with Crippen molar-refractivity contribution >= 4 is 51.1 Å². The van der Waals surface area contributed by atoms with Gasteiger partial charge in [-0.1, -0.05) is 52.1 Å². The number of likely N-dealkylation sites (tertiary alicyclic amines) is 1. The molecule has 0 aromatic rings. The molecule has 3 unspecified atom stereocenters. The van der Waals surface area contributed by atoms with Gasteiger partial charge in [0.1, 0.15) is 0 Å². The molecule has 0 aromatic carbocycles. The lowest BCUT2D eigenvalue weighted by Crippen LogP contribution is -2.45. The SMILES string of the molecule is CC1C[C@@H](I)N(C(=O)C(I)C2CCOCC2)C1C. The molecule has 18 heavy (non-hydrogen) atoms. The molecule has 2 rings (SSSR count). The monoisotopic (exact) mass is 477 g/mol. The maximum absolute atomic E-state index is 12.7. The molecule has 0 bridgehead atoms. The maximum atomic E-state index is 12.7. The Labute approximate surface area is 137 Å². The highest BCUT2D eigenvalue weighted by Crippen LogP contribution is 2.36. The first-order valence-corrected chi connectivity index (χ1v) is 9.19. The van der Waals surface area contributed by atoms with Crippen molar-refractivity contribution < 1.29 is 9.53 Å². The quantitative estimate of drug-likeness (QED) is 0.348. The summed E-state index contributed by atoms with van der Waals surface area (Å²) >= 11 is 4.77. The van der Waals surface area contributed by atoms with E-state index in [1.165, 1.54) is 0 Å². The van der Waals surface area contributed by atoms with Crippen LogP contribution in [0.15, 0.2) is 0 Å². The van der Waals surface area contributed by atoms with Crippen LogP contribution in [0.1, 0.15) is 33.1 Å². The fourth-order valence-corrected chi connectivity index (χ4v) is 5.46. The zero-order valence-electron chi connectivity index (χ0n) is 10.9. The molecular formula is C13H21I2NO2. The summed E-state index contributed by atoms with van der Waals surface area (Å²) in [5, 5.41) is 0. The average Bonchev–Trinajstić information content (AvgIpc) is 2.63. The molecule has 4 atom stereocenters. The zero-order chi connectivity index (χ0) is 13.3. The topological polar surface area (TPSA) is 29.5 Å². The van der Waals surface area contributed by atoms with Crippen LogP contribution in [-0.4, -0.2) is 38.0 Å². The van der Waals surface area contributed by atoms with Gasteiger partial charge >= 0.3 is 0 Å². The van der Waals surface area contributed by atoms with Crippen LogP contribution in [0, 0.1) is 11.8 Å². The number of carbonyl (C=O) groups excluding carboxylic acids is 1. The van der Waals surface area contributed by atoms with E-state index in [-0.39, 0.29) is 3.92 Å². The number of rotatable bonds is 2. The highest BCUT2D eigenvalue weighted by Gasteiger charge is 2.41. The Kier molecular flexibility index (Phi) is 5.57. The molecule has 3 nitrogen and oxygen atoms in total. The van der Waals surface area contributed by atoms with E-state index in [1.54, 1.807) is 0 Å². The maximum Gasteiger partial charge on any atom is 0.236 e. The highest BCUT2D eigenvalue weighted by atomic mass is 127. The smallest absolute Gasteiger partial charge is 0.236 e. The average molecular weight is 477 g/mol. The summed E-state index contributed by atoms with van der Waals surface area (Å²) in [5.74, 6) is 1.46. The van der Waals surface area contributed by atoms with Crippen LogP contribution in [0.4, 0.5) is 0 Å². The van der Waals surface area contributed by atoms with Crippen molar-refractivity contribution in [3.05, 3.63) is 0 Å². The van der Waals surface area contributed by atoms with Gasteiger partial charge in [-0.05, 0) is 38.0 Å². The van der Waals surface area contributed by atoms with Gasteiger partial charge < -0.3 is 9.64 Å². The minimum Gasteiger partial charge on any atom is -0.381 e. The lowest BCUT2D eigenvalue weighted by Gasteiger charge is -2.33. The molecule has 0 radical (unpaired) electrons. The Morgan fingerprint density at radius 1 is 1.33 bits per heavy atom. The minimum atomic E-state index is 0.122. The van der Waals surface area contributed by atoms with E-state index in [0.717, 1.165) is 32.5 Å². The number of nitrogens with zero attached hydrogens (tertiary/aromatic N) is 1. The third-order valence-corrected chi connectivity index (χ3v) is 6.96. The number of halogens is 2. The zero-order valence-corrected chi connectivity index (χ0v) is 15.3. The Balaban J connectivity index is 2.01. The normalized spacial score (nSPS) is 35.8. The van der Waals surface area contributed by atoms with Gasteiger partial charge in [-0.25, -0.2) is 0 Å². The van der Waals surface area contributed by atoms with Gasteiger partial charge in [0.25, 0.3) is 0 Å². The van der Waals surface area contributed by atoms with Crippen molar-refractivity contribution in [2.75, 3.05) is 13.2 Å². The van der Waals surface area contributed by atoms with Gasteiger partial charge in [-0.2, -0.15) is 0 Å². The summed E-state index contributed by atoms with van der Waals surface area (Å²) in [4.78, 5) is 14.8. The predicted octanol–water partition coefficient (Wildman–Crippen LogP) is 3.23. The summed E-state index contributed by atoms with van der Waals surface area (Å²) < 4.78 is 5.88. The first kappa shape index (κ1) is 15.3. The third-order valence-electron chi connectivity index (χ3n) is 4.30. The van der Waals surface area contributed by atoms with Crippen molar-refractivity contribution in [1.29, 1.82) is 0 Å². The van der Waals surface area contributed by atoms with E-state index < -0.39 is 0 Å². The predicted molar refractivity (Wildman–Crippen MR) is 89.2 cm³/mol.